The molecule has 1 aromatic heterocycles. The van der Waals surface area contributed by atoms with Gasteiger partial charge in [-0.15, -0.1) is 23.1 Å². The summed E-state index contributed by atoms with van der Waals surface area (Å²) in [7, 11) is 0. The second-order valence-electron chi connectivity index (χ2n) is 8.86. The first-order valence-electron chi connectivity index (χ1n) is 8.94. The molecule has 0 bridgehead atoms. The van der Waals surface area contributed by atoms with Crippen LogP contribution in [-0.2, 0) is 5.60 Å². The predicted octanol–water partition coefficient (Wildman–Crippen LogP) is 5.98. The third-order valence-electron chi connectivity index (χ3n) is 4.88. The van der Waals surface area contributed by atoms with Crippen molar-refractivity contribution in [2.75, 3.05) is 5.75 Å². The Hall–Kier alpha value is -1.04. The van der Waals surface area contributed by atoms with E-state index in [1.165, 1.54) is 11.3 Å². The summed E-state index contributed by atoms with van der Waals surface area (Å²) in [6.07, 6.45) is 1.92. The Bertz CT molecular complexity index is 684. The van der Waals surface area contributed by atoms with Crippen LogP contribution in [0, 0.1) is 10.8 Å². The number of aliphatic hydroxyl groups is 1. The quantitative estimate of drug-likeness (QED) is 0.613. The normalized spacial score (nSPS) is 16.2. The van der Waals surface area contributed by atoms with E-state index in [4.69, 9.17) is 4.74 Å². The monoisotopic (exact) mass is 393 g/mol. The number of benzene rings is 1. The maximum atomic E-state index is 11.4. The van der Waals surface area contributed by atoms with Crippen LogP contribution in [0.15, 0.2) is 40.9 Å². The number of nitrogens with zero attached hydrogens (tertiary/aromatic N) is 1. The van der Waals surface area contributed by atoms with Gasteiger partial charge in [0.25, 0.3) is 0 Å². The van der Waals surface area contributed by atoms with E-state index in [1.807, 2.05) is 12.1 Å². The van der Waals surface area contributed by atoms with Crippen molar-refractivity contribution in [2.24, 2.45) is 10.8 Å². The molecule has 2 unspecified atom stereocenters. The molecule has 26 heavy (non-hydrogen) atoms. The van der Waals surface area contributed by atoms with Crippen molar-refractivity contribution in [3.05, 3.63) is 40.8 Å². The van der Waals surface area contributed by atoms with Crippen molar-refractivity contribution in [1.29, 1.82) is 0 Å². The van der Waals surface area contributed by atoms with Crippen molar-refractivity contribution < 1.29 is 9.84 Å². The fraction of sp³-hybridized carbons (Fsp3) is 0.571. The van der Waals surface area contributed by atoms with Crippen LogP contribution in [0.5, 0.6) is 5.75 Å². The molecule has 0 spiro atoms. The van der Waals surface area contributed by atoms with Crippen LogP contribution >= 0.6 is 23.1 Å². The van der Waals surface area contributed by atoms with E-state index < -0.39 is 5.60 Å². The highest BCUT2D eigenvalue weighted by Crippen LogP contribution is 2.44. The molecule has 0 aliphatic heterocycles. The standard InChI is InChI=1S/C21H31NO2S2/c1-15(19(2,3)4)24-16-8-10-17(11-9-16)25-13-21(23,20(5,6)7)18-12-22-14-26-18/h8-12,14-15,23H,13H2,1-7H3. The number of ether oxygens (including phenoxy) is 1. The fourth-order valence-corrected chi connectivity index (χ4v) is 4.57. The van der Waals surface area contributed by atoms with Crippen molar-refractivity contribution in [3.8, 4) is 5.75 Å². The lowest BCUT2D eigenvalue weighted by Crippen LogP contribution is -2.41. The van der Waals surface area contributed by atoms with Gasteiger partial charge in [0.2, 0.25) is 0 Å². The van der Waals surface area contributed by atoms with Crippen molar-refractivity contribution in [3.63, 3.8) is 0 Å². The van der Waals surface area contributed by atoms with Crippen molar-refractivity contribution >= 4 is 23.1 Å². The van der Waals surface area contributed by atoms with Gasteiger partial charge in [-0.05, 0) is 42.0 Å². The minimum absolute atomic E-state index is 0.103. The molecule has 0 saturated carbocycles. The first-order valence-corrected chi connectivity index (χ1v) is 10.8. The number of aromatic nitrogens is 1. The molecular weight excluding hydrogens is 362 g/mol. The van der Waals surface area contributed by atoms with Crippen LogP contribution < -0.4 is 4.74 Å². The molecule has 0 radical (unpaired) electrons. The average molecular weight is 394 g/mol. The molecule has 1 heterocycles. The molecule has 2 aromatic rings. The molecule has 2 atom stereocenters. The molecule has 0 aliphatic carbocycles. The molecule has 1 aromatic carbocycles. The Morgan fingerprint density at radius 2 is 1.73 bits per heavy atom. The van der Waals surface area contributed by atoms with E-state index in [9.17, 15) is 5.11 Å². The molecule has 0 amide bonds. The topological polar surface area (TPSA) is 42.4 Å². The lowest BCUT2D eigenvalue weighted by molar-refractivity contribution is -0.0392. The minimum atomic E-state index is -0.922. The van der Waals surface area contributed by atoms with E-state index in [0.717, 1.165) is 15.5 Å². The molecule has 3 nitrogen and oxygen atoms in total. The van der Waals surface area contributed by atoms with Gasteiger partial charge in [-0.1, -0.05) is 41.5 Å². The lowest BCUT2D eigenvalue weighted by atomic mass is 9.77. The highest BCUT2D eigenvalue weighted by molar-refractivity contribution is 7.99. The van der Waals surface area contributed by atoms with Crippen molar-refractivity contribution in [2.45, 2.75) is 65.1 Å². The Morgan fingerprint density at radius 1 is 1.12 bits per heavy atom. The van der Waals surface area contributed by atoms with E-state index in [-0.39, 0.29) is 16.9 Å². The zero-order valence-electron chi connectivity index (χ0n) is 16.9. The minimum Gasteiger partial charge on any atom is -0.490 e. The van der Waals surface area contributed by atoms with Crippen LogP contribution in [-0.4, -0.2) is 21.9 Å². The van der Waals surface area contributed by atoms with Gasteiger partial charge in [-0.3, -0.25) is 4.98 Å². The smallest absolute Gasteiger partial charge is 0.119 e. The number of thiazole rings is 1. The Kier molecular flexibility index (Phi) is 6.47. The SMILES string of the molecule is CC(Oc1ccc(SCC(O)(c2cncs2)C(C)(C)C)cc1)C(C)(C)C. The average Bonchev–Trinajstić information content (AvgIpc) is 3.06. The molecule has 5 heteroatoms. The van der Waals surface area contributed by atoms with Gasteiger partial charge in [-0.2, -0.15) is 0 Å². The third-order valence-corrected chi connectivity index (χ3v) is 6.98. The van der Waals surface area contributed by atoms with Crippen LogP contribution in [0.3, 0.4) is 0 Å². The van der Waals surface area contributed by atoms with Gasteiger partial charge >= 0.3 is 0 Å². The summed E-state index contributed by atoms with van der Waals surface area (Å²) < 4.78 is 6.03. The highest BCUT2D eigenvalue weighted by Gasteiger charge is 2.42. The molecule has 144 valence electrons. The first kappa shape index (κ1) is 21.3. The molecule has 0 aliphatic rings. The van der Waals surface area contributed by atoms with Crippen molar-refractivity contribution in [1.82, 2.24) is 4.98 Å². The van der Waals surface area contributed by atoms with Crippen LogP contribution in [0.4, 0.5) is 0 Å². The zero-order chi connectivity index (χ0) is 19.6. The summed E-state index contributed by atoms with van der Waals surface area (Å²) in [4.78, 5) is 6.18. The highest BCUT2D eigenvalue weighted by atomic mass is 32.2. The van der Waals surface area contributed by atoms with Crippen LogP contribution in [0.1, 0.15) is 53.3 Å². The Balaban J connectivity index is 2.07. The van der Waals surface area contributed by atoms with Gasteiger partial charge in [0, 0.05) is 16.8 Å². The van der Waals surface area contributed by atoms with E-state index in [1.54, 1.807) is 23.5 Å². The van der Waals surface area contributed by atoms with Crippen LogP contribution in [0.25, 0.3) is 0 Å². The van der Waals surface area contributed by atoms with E-state index in [0.29, 0.717) is 5.75 Å². The largest absolute Gasteiger partial charge is 0.490 e. The summed E-state index contributed by atoms with van der Waals surface area (Å²) in [5.74, 6) is 1.46. The maximum Gasteiger partial charge on any atom is 0.119 e. The number of hydrogen-bond donors (Lipinski definition) is 1. The van der Waals surface area contributed by atoms with E-state index in [2.05, 4.69) is 65.6 Å². The summed E-state index contributed by atoms with van der Waals surface area (Å²) in [5, 5.41) is 11.4. The van der Waals surface area contributed by atoms with Gasteiger partial charge in [0.05, 0.1) is 10.4 Å². The second kappa shape index (κ2) is 7.91. The first-order chi connectivity index (χ1) is 11.9. The summed E-state index contributed by atoms with van der Waals surface area (Å²) in [6, 6.07) is 8.14. The van der Waals surface area contributed by atoms with Crippen LogP contribution in [0.2, 0.25) is 0 Å². The zero-order valence-corrected chi connectivity index (χ0v) is 18.5. The number of thioether (sulfide) groups is 1. The number of rotatable bonds is 6. The molecule has 1 N–H and O–H groups in total. The fourth-order valence-electron chi connectivity index (χ4n) is 2.26. The van der Waals surface area contributed by atoms with Gasteiger partial charge in [-0.25, -0.2) is 0 Å². The predicted molar refractivity (Wildman–Crippen MR) is 112 cm³/mol. The second-order valence-corrected chi connectivity index (χ2v) is 10.8. The summed E-state index contributed by atoms with van der Waals surface area (Å²) in [6.45, 7) is 14.8. The third kappa shape index (κ3) is 5.02. The Morgan fingerprint density at radius 3 is 2.19 bits per heavy atom. The maximum absolute atomic E-state index is 11.4. The van der Waals surface area contributed by atoms with Gasteiger partial charge in [0.15, 0.2) is 0 Å². The van der Waals surface area contributed by atoms with Gasteiger partial charge < -0.3 is 9.84 Å². The molecular formula is C21H31NO2S2. The number of hydrogen-bond acceptors (Lipinski definition) is 5. The lowest BCUT2D eigenvalue weighted by Gasteiger charge is -2.39. The molecule has 0 fully saturated rings. The molecule has 0 saturated heterocycles. The molecule has 2 rings (SSSR count). The van der Waals surface area contributed by atoms with E-state index >= 15 is 0 Å². The Labute approximate surface area is 166 Å². The van der Waals surface area contributed by atoms with Gasteiger partial charge in [0.1, 0.15) is 17.5 Å². The summed E-state index contributed by atoms with van der Waals surface area (Å²) in [5.41, 5.74) is 0.678. The summed E-state index contributed by atoms with van der Waals surface area (Å²) >= 11 is 3.17.